The molecule has 2 aromatic heterocycles. The highest BCUT2D eigenvalue weighted by Crippen LogP contribution is 2.26. The minimum absolute atomic E-state index is 0.278. The first kappa shape index (κ1) is 20.7. The quantitative estimate of drug-likeness (QED) is 0.626. The molecular weight excluding hydrogens is 412 g/mol. The number of hydrogen-bond acceptors (Lipinski definition) is 9. The Balaban J connectivity index is 1.59. The second kappa shape index (κ2) is 8.29. The summed E-state index contributed by atoms with van der Waals surface area (Å²) in [5, 5.41) is 15.7. The Hall–Kier alpha value is -3.55. The maximum Gasteiger partial charge on any atom is 0.229 e. The van der Waals surface area contributed by atoms with Crippen LogP contribution >= 0.6 is 0 Å². The fourth-order valence-electron chi connectivity index (χ4n) is 3.28. The zero-order valence-corrected chi connectivity index (χ0v) is 18.3. The monoisotopic (exact) mass is 434 g/mol. The number of nitrogens with one attached hydrogen (secondary N) is 2. The van der Waals surface area contributed by atoms with Crippen LogP contribution in [-0.4, -0.2) is 43.6 Å². The molecule has 0 amide bonds. The van der Waals surface area contributed by atoms with Crippen molar-refractivity contribution in [2.45, 2.75) is 13.1 Å². The Morgan fingerprint density at radius 3 is 2.71 bits per heavy atom. The van der Waals surface area contributed by atoms with Gasteiger partial charge in [0.2, 0.25) is 5.95 Å². The third-order valence-electron chi connectivity index (χ3n) is 4.55. The highest BCUT2D eigenvalue weighted by Gasteiger charge is 2.16. The number of hydrogen-bond donors (Lipinski definition) is 2. The first-order chi connectivity index (χ1) is 14.8. The van der Waals surface area contributed by atoms with E-state index >= 15 is 0 Å². The molecule has 0 atom stereocenters. The first-order valence-electron chi connectivity index (χ1n) is 9.55. The van der Waals surface area contributed by atoms with Crippen molar-refractivity contribution in [2.75, 3.05) is 30.2 Å². The lowest BCUT2D eigenvalue weighted by molar-refractivity contribution is 0.353. The average molecular weight is 435 g/mol. The van der Waals surface area contributed by atoms with Gasteiger partial charge in [-0.3, -0.25) is 4.90 Å². The average Bonchev–Trinajstić information content (AvgIpc) is 3.06. The minimum atomic E-state index is -2.34. The maximum absolute atomic E-state index is 11.9. The Morgan fingerprint density at radius 2 is 1.94 bits per heavy atom. The van der Waals surface area contributed by atoms with Gasteiger partial charge in [0.05, 0.1) is 6.20 Å². The van der Waals surface area contributed by atoms with Gasteiger partial charge in [-0.2, -0.15) is 14.6 Å². The van der Waals surface area contributed by atoms with Crippen LogP contribution < -0.4 is 10.6 Å². The fraction of sp³-hybridized carbons (Fsp3) is 0.238. The zero-order chi connectivity index (χ0) is 22.0. The number of rotatable bonds is 5. The van der Waals surface area contributed by atoms with Crippen LogP contribution in [0.2, 0.25) is 0 Å². The maximum atomic E-state index is 11.9. The second-order valence-corrected chi connectivity index (χ2v) is 10.2. The van der Waals surface area contributed by atoms with Crippen LogP contribution in [-0.2, 0) is 22.8 Å². The molecule has 1 aromatic carbocycles. The summed E-state index contributed by atoms with van der Waals surface area (Å²) in [6.45, 7) is 1.85. The number of pyridine rings is 1. The van der Waals surface area contributed by atoms with Crippen molar-refractivity contribution in [3.63, 3.8) is 0 Å². The third-order valence-corrected chi connectivity index (χ3v) is 5.17. The predicted octanol–water partition coefficient (Wildman–Crippen LogP) is 3.53. The van der Waals surface area contributed by atoms with Crippen LogP contribution in [0.4, 0.5) is 29.1 Å². The molecule has 0 bridgehead atoms. The lowest BCUT2D eigenvalue weighted by Gasteiger charge is -2.10. The van der Waals surface area contributed by atoms with E-state index in [-0.39, 0.29) is 5.56 Å². The van der Waals surface area contributed by atoms with E-state index in [0.717, 1.165) is 18.8 Å². The fourth-order valence-corrected chi connectivity index (χ4v) is 3.83. The lowest BCUT2D eigenvalue weighted by atomic mass is 10.1. The summed E-state index contributed by atoms with van der Waals surface area (Å²) in [4.78, 5) is 15.3. The highest BCUT2D eigenvalue weighted by atomic mass is 32.2. The van der Waals surface area contributed by atoms with Gasteiger partial charge in [-0.1, -0.05) is 12.1 Å². The van der Waals surface area contributed by atoms with E-state index in [9.17, 15) is 9.47 Å². The van der Waals surface area contributed by atoms with E-state index in [4.69, 9.17) is 0 Å². The van der Waals surface area contributed by atoms with Gasteiger partial charge in [0.25, 0.3) is 0 Å². The van der Waals surface area contributed by atoms with E-state index in [1.165, 1.54) is 17.3 Å². The molecule has 0 saturated carbocycles. The molecule has 1 aliphatic heterocycles. The SMILES string of the molecule is CN1Cc2ccc(Nc3ncc(C#N)c(Nc4cccc(N=S(C)(C)=O)n4)n3)cc2C1. The van der Waals surface area contributed by atoms with Crippen molar-refractivity contribution in [3.05, 3.63) is 59.3 Å². The summed E-state index contributed by atoms with van der Waals surface area (Å²) < 4.78 is 16.0. The van der Waals surface area contributed by atoms with E-state index in [2.05, 4.69) is 60.1 Å². The third kappa shape index (κ3) is 5.14. The van der Waals surface area contributed by atoms with Crippen LogP contribution in [0, 0.1) is 11.3 Å². The van der Waals surface area contributed by atoms with Gasteiger partial charge in [0, 0.05) is 41.0 Å². The van der Waals surface area contributed by atoms with Crippen molar-refractivity contribution in [3.8, 4) is 6.07 Å². The topological polar surface area (TPSA) is 119 Å². The molecule has 1 aliphatic rings. The molecule has 0 spiro atoms. The number of anilines is 4. The summed E-state index contributed by atoms with van der Waals surface area (Å²) in [7, 11) is -0.247. The molecule has 2 N–H and O–H groups in total. The number of fused-ring (bicyclic) bond motifs is 1. The Bertz CT molecular complexity index is 1300. The van der Waals surface area contributed by atoms with Gasteiger partial charge >= 0.3 is 0 Å². The van der Waals surface area contributed by atoms with E-state index in [1.807, 2.05) is 6.07 Å². The Kier molecular flexibility index (Phi) is 5.54. The number of aromatic nitrogens is 3. The number of nitriles is 1. The van der Waals surface area contributed by atoms with Gasteiger partial charge in [0.1, 0.15) is 17.5 Å². The number of nitrogens with zero attached hydrogens (tertiary/aromatic N) is 6. The van der Waals surface area contributed by atoms with Crippen molar-refractivity contribution in [1.82, 2.24) is 19.9 Å². The summed E-state index contributed by atoms with van der Waals surface area (Å²) in [5.74, 6) is 1.46. The molecule has 0 fully saturated rings. The molecule has 10 heteroatoms. The van der Waals surface area contributed by atoms with Crippen LogP contribution in [0.3, 0.4) is 0 Å². The number of benzene rings is 1. The van der Waals surface area contributed by atoms with Crippen LogP contribution in [0.25, 0.3) is 0 Å². The zero-order valence-electron chi connectivity index (χ0n) is 17.5. The smallest absolute Gasteiger partial charge is 0.229 e. The van der Waals surface area contributed by atoms with Crippen molar-refractivity contribution < 1.29 is 4.21 Å². The van der Waals surface area contributed by atoms with Gasteiger partial charge < -0.3 is 10.6 Å². The Morgan fingerprint density at radius 1 is 1.13 bits per heavy atom. The van der Waals surface area contributed by atoms with E-state index in [0.29, 0.717) is 23.4 Å². The molecule has 0 aliphatic carbocycles. The van der Waals surface area contributed by atoms with Crippen molar-refractivity contribution in [2.24, 2.45) is 4.36 Å². The predicted molar refractivity (Wildman–Crippen MR) is 121 cm³/mol. The van der Waals surface area contributed by atoms with E-state index < -0.39 is 9.73 Å². The molecular formula is C21H22N8OS. The summed E-state index contributed by atoms with van der Waals surface area (Å²) in [6, 6.07) is 13.4. The summed E-state index contributed by atoms with van der Waals surface area (Å²) in [6.07, 6.45) is 4.54. The normalized spacial score (nSPS) is 13.4. The molecule has 0 saturated heterocycles. The molecule has 3 heterocycles. The summed E-state index contributed by atoms with van der Waals surface area (Å²) >= 11 is 0. The Labute approximate surface area is 181 Å². The van der Waals surface area contributed by atoms with Crippen LogP contribution in [0.1, 0.15) is 16.7 Å². The second-order valence-electron chi connectivity index (χ2n) is 7.63. The summed E-state index contributed by atoms with van der Waals surface area (Å²) in [5.41, 5.74) is 3.74. The molecule has 31 heavy (non-hydrogen) atoms. The molecule has 9 nitrogen and oxygen atoms in total. The lowest BCUT2D eigenvalue weighted by Crippen LogP contribution is -2.07. The highest BCUT2D eigenvalue weighted by molar-refractivity contribution is 7.92. The largest absolute Gasteiger partial charge is 0.324 e. The molecule has 0 unspecified atom stereocenters. The van der Waals surface area contributed by atoms with Crippen molar-refractivity contribution >= 4 is 38.8 Å². The molecule has 3 aromatic rings. The van der Waals surface area contributed by atoms with Gasteiger partial charge in [0.15, 0.2) is 11.6 Å². The van der Waals surface area contributed by atoms with Crippen LogP contribution in [0.15, 0.2) is 47.0 Å². The van der Waals surface area contributed by atoms with Gasteiger partial charge in [-0.05, 0) is 42.4 Å². The minimum Gasteiger partial charge on any atom is -0.324 e. The van der Waals surface area contributed by atoms with E-state index in [1.54, 1.807) is 30.7 Å². The molecule has 158 valence electrons. The molecule has 0 radical (unpaired) electrons. The van der Waals surface area contributed by atoms with Crippen molar-refractivity contribution in [1.29, 1.82) is 5.26 Å². The first-order valence-corrected chi connectivity index (χ1v) is 11.9. The standard InChI is InChI=1S/C21H22N8OS/c1-29-12-14-7-8-17(9-15(14)13-29)24-21-23-11-16(10-22)20(27-21)26-18-5-4-6-19(25-18)28-31(2,3)30/h4-9,11H,12-13H2,1-3H3,(H2,23,24,25,26,27). The van der Waals surface area contributed by atoms with Gasteiger partial charge in [-0.15, -0.1) is 0 Å². The molecule has 4 rings (SSSR count). The van der Waals surface area contributed by atoms with Gasteiger partial charge in [-0.25, -0.2) is 14.2 Å². The van der Waals surface area contributed by atoms with Crippen LogP contribution in [0.5, 0.6) is 0 Å².